The van der Waals surface area contributed by atoms with Crippen molar-refractivity contribution in [1.82, 2.24) is 5.32 Å². The van der Waals surface area contributed by atoms with Gasteiger partial charge in [-0.3, -0.25) is 9.59 Å². The van der Waals surface area contributed by atoms with Gasteiger partial charge in [0.05, 0.1) is 5.56 Å². The van der Waals surface area contributed by atoms with Gasteiger partial charge in [0.25, 0.3) is 6.43 Å². The van der Waals surface area contributed by atoms with Gasteiger partial charge in [-0.15, -0.1) is 0 Å². The molecule has 0 bridgehead atoms. The fourth-order valence-electron chi connectivity index (χ4n) is 3.58. The van der Waals surface area contributed by atoms with Crippen molar-refractivity contribution in [3.8, 4) is 0 Å². The summed E-state index contributed by atoms with van der Waals surface area (Å²) >= 11 is 5.61. The number of Topliss-reactive ketones (excluding diaryl/α,β-unsaturated/α-hetero) is 1. The number of hydrogen-bond donors (Lipinski definition) is 1. The Labute approximate surface area is 229 Å². The molecular weight excluding hydrogens is 610 g/mol. The molecule has 0 aliphatic rings. The summed E-state index contributed by atoms with van der Waals surface area (Å²) in [6.07, 6.45) is -19.8. The normalized spacial score (nSPS) is 14.7. The molecular formula is C25H18ClF12NO2. The average Bonchev–Trinajstić information content (AvgIpc) is 2.82. The maximum atomic E-state index is 14.9. The Bertz CT molecular complexity index is 1300. The molecule has 2 aromatic rings. The highest BCUT2D eigenvalue weighted by Gasteiger charge is 2.41. The Morgan fingerprint density at radius 1 is 0.927 bits per heavy atom. The number of hydrogen-bond acceptors (Lipinski definition) is 2. The summed E-state index contributed by atoms with van der Waals surface area (Å²) in [5.41, 5.74) is -5.81. The lowest BCUT2D eigenvalue weighted by molar-refractivity contribution is -0.140. The first-order chi connectivity index (χ1) is 18.6. The minimum Gasteiger partial charge on any atom is -0.347 e. The predicted molar refractivity (Wildman–Crippen MR) is 123 cm³/mol. The molecule has 2 atom stereocenters. The number of carbonyl (C=O) groups excluding carboxylic acids is 2. The number of halogens is 13. The van der Waals surface area contributed by atoms with Crippen LogP contribution in [0.2, 0.25) is 5.02 Å². The zero-order valence-electron chi connectivity index (χ0n) is 20.4. The van der Waals surface area contributed by atoms with Crippen LogP contribution in [0.1, 0.15) is 58.3 Å². The van der Waals surface area contributed by atoms with Crippen molar-refractivity contribution in [2.24, 2.45) is 5.92 Å². The van der Waals surface area contributed by atoms with E-state index in [1.165, 1.54) is 5.32 Å². The molecule has 2 rings (SSSR count). The number of benzene rings is 2. The van der Waals surface area contributed by atoms with E-state index in [0.29, 0.717) is 30.3 Å². The van der Waals surface area contributed by atoms with Crippen LogP contribution in [-0.2, 0) is 11.0 Å². The number of carbonyl (C=O) groups is 2. The highest BCUT2D eigenvalue weighted by atomic mass is 35.5. The predicted octanol–water partition coefficient (Wildman–Crippen LogP) is 8.84. The van der Waals surface area contributed by atoms with Gasteiger partial charge in [0, 0.05) is 34.1 Å². The van der Waals surface area contributed by atoms with Crippen molar-refractivity contribution in [1.29, 1.82) is 0 Å². The average molecular weight is 628 g/mol. The van der Waals surface area contributed by atoms with Crippen LogP contribution in [0.3, 0.4) is 0 Å². The Balaban J connectivity index is 2.47. The number of alkyl halides is 11. The van der Waals surface area contributed by atoms with Gasteiger partial charge >= 0.3 is 18.5 Å². The lowest BCUT2D eigenvalue weighted by atomic mass is 9.92. The Kier molecular flexibility index (Phi) is 10.6. The maximum absolute atomic E-state index is 14.9. The maximum Gasteiger partial charge on any atom is 0.417 e. The van der Waals surface area contributed by atoms with Gasteiger partial charge < -0.3 is 5.32 Å². The third-order valence-corrected chi connectivity index (χ3v) is 5.74. The molecule has 0 aliphatic heterocycles. The number of nitrogens with one attached hydrogen (secondary N) is 1. The monoisotopic (exact) mass is 627 g/mol. The second kappa shape index (κ2) is 12.7. The summed E-state index contributed by atoms with van der Waals surface area (Å²) in [7, 11) is 0. The van der Waals surface area contributed by atoms with Gasteiger partial charge in [0.2, 0.25) is 5.91 Å². The Hall–Kier alpha value is -3.23. The summed E-state index contributed by atoms with van der Waals surface area (Å²) in [6, 6.07) is 2.72. The molecule has 16 heteroatoms. The summed E-state index contributed by atoms with van der Waals surface area (Å²) < 4.78 is 160. The fourth-order valence-corrected chi connectivity index (χ4v) is 3.83. The minimum absolute atomic E-state index is 0.0312. The van der Waals surface area contributed by atoms with Gasteiger partial charge in [-0.2, -0.15) is 39.5 Å². The van der Waals surface area contributed by atoms with Crippen LogP contribution in [0.15, 0.2) is 42.5 Å². The molecule has 1 N–H and O–H groups in total. The molecule has 0 heterocycles. The van der Waals surface area contributed by atoms with Gasteiger partial charge in [0.1, 0.15) is 18.3 Å². The topological polar surface area (TPSA) is 46.2 Å². The molecule has 0 saturated heterocycles. The van der Waals surface area contributed by atoms with Crippen molar-refractivity contribution in [3.63, 3.8) is 0 Å². The van der Waals surface area contributed by atoms with Crippen molar-refractivity contribution in [3.05, 3.63) is 75.3 Å². The van der Waals surface area contributed by atoms with Crippen LogP contribution in [0.5, 0.6) is 0 Å². The summed E-state index contributed by atoms with van der Waals surface area (Å²) in [5, 5.41) is 0.930. The first-order valence-corrected chi connectivity index (χ1v) is 11.6. The van der Waals surface area contributed by atoms with E-state index < -0.39 is 100 Å². The molecule has 0 aliphatic carbocycles. The second-order valence-electron chi connectivity index (χ2n) is 8.77. The lowest BCUT2D eigenvalue weighted by Gasteiger charge is -2.19. The number of rotatable bonds is 9. The van der Waals surface area contributed by atoms with E-state index in [-0.39, 0.29) is 12.1 Å². The molecule has 226 valence electrons. The van der Waals surface area contributed by atoms with Crippen LogP contribution >= 0.6 is 11.6 Å². The highest BCUT2D eigenvalue weighted by Crippen LogP contribution is 2.41. The fraction of sp³-hybridized carbons (Fsp3) is 0.360. The number of amides is 1. The standard InChI is InChI=1S/C25H18ClF12NO2/c1-11(22(41)39-10-23(30,31)32)4-20(40)16-3-2-12(8-18(16)25(36,37)38)19(27)9-17(24(33,34)35)13-5-14(21(28)29)7-15(26)6-13/h2-3,5-9,11,17,21H,4,10H2,1H3,(H,39,41)/b19-9-/t11-,17?/m0/s1. The molecule has 0 radical (unpaired) electrons. The van der Waals surface area contributed by atoms with E-state index in [0.717, 1.165) is 6.92 Å². The summed E-state index contributed by atoms with van der Waals surface area (Å²) in [4.78, 5) is 24.3. The quantitative estimate of drug-likeness (QED) is 0.223. The van der Waals surface area contributed by atoms with E-state index in [2.05, 4.69) is 0 Å². The molecule has 3 nitrogen and oxygen atoms in total. The summed E-state index contributed by atoms with van der Waals surface area (Å²) in [6.45, 7) is -0.782. The second-order valence-corrected chi connectivity index (χ2v) is 9.21. The van der Waals surface area contributed by atoms with Gasteiger partial charge in [-0.1, -0.05) is 30.7 Å². The summed E-state index contributed by atoms with van der Waals surface area (Å²) in [5.74, 6) is -8.93. The molecule has 0 spiro atoms. The van der Waals surface area contributed by atoms with E-state index in [1.54, 1.807) is 0 Å². The third kappa shape index (κ3) is 9.68. The molecule has 0 fully saturated rings. The van der Waals surface area contributed by atoms with Gasteiger partial charge in [0.15, 0.2) is 5.78 Å². The Morgan fingerprint density at radius 2 is 1.51 bits per heavy atom. The third-order valence-electron chi connectivity index (χ3n) is 5.52. The van der Waals surface area contributed by atoms with Crippen LogP contribution in [0.4, 0.5) is 52.7 Å². The molecule has 0 aromatic heterocycles. The smallest absolute Gasteiger partial charge is 0.347 e. The van der Waals surface area contributed by atoms with E-state index in [4.69, 9.17) is 11.6 Å². The largest absolute Gasteiger partial charge is 0.417 e. The van der Waals surface area contributed by atoms with Crippen molar-refractivity contribution in [2.45, 2.75) is 44.2 Å². The SMILES string of the molecule is C[C@@H](CC(=O)c1ccc(/C(F)=C/C(c2cc(Cl)cc(C(F)F)c2)C(F)(F)F)cc1C(F)(F)F)C(=O)NCC(F)(F)F. The van der Waals surface area contributed by atoms with Crippen LogP contribution in [-0.4, -0.2) is 30.6 Å². The van der Waals surface area contributed by atoms with E-state index in [1.807, 2.05) is 0 Å². The minimum atomic E-state index is -5.36. The van der Waals surface area contributed by atoms with Gasteiger partial charge in [-0.05, 0) is 35.9 Å². The van der Waals surface area contributed by atoms with Crippen molar-refractivity contribution >= 4 is 29.1 Å². The van der Waals surface area contributed by atoms with E-state index in [9.17, 15) is 62.3 Å². The van der Waals surface area contributed by atoms with Crippen molar-refractivity contribution < 1.29 is 62.3 Å². The van der Waals surface area contributed by atoms with Crippen LogP contribution in [0.25, 0.3) is 5.83 Å². The van der Waals surface area contributed by atoms with Crippen LogP contribution in [0, 0.1) is 5.92 Å². The highest BCUT2D eigenvalue weighted by molar-refractivity contribution is 6.30. The van der Waals surface area contributed by atoms with Crippen molar-refractivity contribution in [2.75, 3.05) is 6.54 Å². The molecule has 2 aromatic carbocycles. The Morgan fingerprint density at radius 3 is 2.02 bits per heavy atom. The zero-order chi connectivity index (χ0) is 31.5. The van der Waals surface area contributed by atoms with E-state index >= 15 is 0 Å². The molecule has 0 saturated carbocycles. The molecule has 41 heavy (non-hydrogen) atoms. The number of allylic oxidation sites excluding steroid dienone is 1. The molecule has 1 unspecified atom stereocenters. The first kappa shape index (κ1) is 34.0. The lowest BCUT2D eigenvalue weighted by Crippen LogP contribution is -2.37. The van der Waals surface area contributed by atoms with Crippen LogP contribution < -0.4 is 5.32 Å². The number of ketones is 1. The molecule has 1 amide bonds. The zero-order valence-corrected chi connectivity index (χ0v) is 21.2. The first-order valence-electron chi connectivity index (χ1n) is 11.2. The van der Waals surface area contributed by atoms with Gasteiger partial charge in [-0.25, -0.2) is 13.2 Å².